The predicted molar refractivity (Wildman–Crippen MR) is 148 cm³/mol. The molecule has 2 bridgehead atoms. The molecule has 206 valence electrons. The Kier molecular flexibility index (Phi) is 8.77. The highest BCUT2D eigenvalue weighted by Gasteiger charge is 2.42. The summed E-state index contributed by atoms with van der Waals surface area (Å²) in [7, 11) is 0. The number of carbonyl (C=O) groups is 1. The summed E-state index contributed by atoms with van der Waals surface area (Å²) < 4.78 is 1.89. The second-order valence-corrected chi connectivity index (χ2v) is 11.6. The molecule has 1 saturated carbocycles. The molecule has 1 aliphatic carbocycles. The van der Waals surface area contributed by atoms with Crippen LogP contribution in [0.15, 0.2) is 34.2 Å². The lowest BCUT2D eigenvalue weighted by Gasteiger charge is -2.53. The summed E-state index contributed by atoms with van der Waals surface area (Å²) in [5.41, 5.74) is 1.28. The van der Waals surface area contributed by atoms with Gasteiger partial charge in [0.05, 0.1) is 17.5 Å². The molecule has 0 amide bonds. The first-order valence-electron chi connectivity index (χ1n) is 14.8. The number of para-hydroxylation sites is 2. The Hall–Kier alpha value is -2.74. The first kappa shape index (κ1) is 26.9. The first-order chi connectivity index (χ1) is 18.6. The molecule has 2 N–H and O–H groups in total. The Labute approximate surface area is 224 Å². The molecule has 0 radical (unpaired) electrons. The number of nitrogens with zero attached hydrogens (tertiary/aromatic N) is 4. The van der Waals surface area contributed by atoms with Crippen LogP contribution in [0.2, 0.25) is 0 Å². The van der Waals surface area contributed by atoms with E-state index in [9.17, 15) is 14.8 Å². The van der Waals surface area contributed by atoms with Crippen molar-refractivity contribution < 1.29 is 15.1 Å². The number of carboxylic acid groups (broad SMARTS) is 1. The molecule has 0 spiro atoms. The fourth-order valence-electron chi connectivity index (χ4n) is 7.43. The van der Waals surface area contributed by atoms with E-state index in [1.807, 2.05) is 28.8 Å². The van der Waals surface area contributed by atoms with Crippen molar-refractivity contribution >= 4 is 22.7 Å². The van der Waals surface area contributed by atoms with E-state index in [-0.39, 0.29) is 35.8 Å². The molecule has 2 aliphatic heterocycles. The minimum Gasteiger partial charge on any atom is -0.481 e. The van der Waals surface area contributed by atoms with Crippen LogP contribution >= 0.6 is 0 Å². The molecular formula is C30H42N4O4. The zero-order valence-electron chi connectivity index (χ0n) is 22.4. The summed E-state index contributed by atoms with van der Waals surface area (Å²) in [6.07, 6.45) is 17.2. The van der Waals surface area contributed by atoms with Crippen molar-refractivity contribution in [3.8, 4) is 0 Å². The Balaban J connectivity index is 1.47. The summed E-state index contributed by atoms with van der Waals surface area (Å²) in [6, 6.07) is 9.27. The number of carboxylic acids is 1. The van der Waals surface area contributed by atoms with Gasteiger partial charge < -0.3 is 14.9 Å². The first-order valence-corrected chi connectivity index (χ1v) is 14.8. The van der Waals surface area contributed by atoms with Gasteiger partial charge in [-0.1, -0.05) is 68.7 Å². The Morgan fingerprint density at radius 3 is 2.08 bits per heavy atom. The van der Waals surface area contributed by atoms with Crippen molar-refractivity contribution in [1.29, 1.82) is 0 Å². The maximum atomic E-state index is 13.9. The lowest BCUT2D eigenvalue weighted by Crippen LogP contribution is -2.57. The molecule has 5 rings (SSSR count). The minimum atomic E-state index is -1.01. The Bertz CT molecular complexity index is 1180. The van der Waals surface area contributed by atoms with Crippen LogP contribution in [0.3, 0.4) is 0 Å². The van der Waals surface area contributed by atoms with Crippen molar-refractivity contribution in [3.05, 3.63) is 40.3 Å². The third-order valence-corrected chi connectivity index (χ3v) is 9.13. The highest BCUT2D eigenvalue weighted by molar-refractivity contribution is 6.00. The Morgan fingerprint density at radius 2 is 1.45 bits per heavy atom. The largest absolute Gasteiger partial charge is 0.481 e. The smallest absolute Gasteiger partial charge is 0.303 e. The van der Waals surface area contributed by atoms with E-state index in [0.29, 0.717) is 23.6 Å². The number of benzene rings is 1. The fraction of sp³-hybridized carbons (Fsp3) is 0.667. The molecule has 2 atom stereocenters. The fourth-order valence-corrected chi connectivity index (χ4v) is 7.43. The lowest BCUT2D eigenvalue weighted by atomic mass is 9.79. The van der Waals surface area contributed by atoms with Crippen LogP contribution in [0.25, 0.3) is 11.0 Å². The number of hydrogen-bond donors (Lipinski definition) is 2. The van der Waals surface area contributed by atoms with E-state index in [4.69, 9.17) is 5.11 Å². The van der Waals surface area contributed by atoms with E-state index >= 15 is 0 Å². The van der Waals surface area contributed by atoms with Crippen LogP contribution in [0.4, 0.5) is 0 Å². The monoisotopic (exact) mass is 522 g/mol. The maximum Gasteiger partial charge on any atom is 0.303 e. The van der Waals surface area contributed by atoms with Gasteiger partial charge in [0.15, 0.2) is 5.69 Å². The van der Waals surface area contributed by atoms with Crippen LogP contribution in [-0.4, -0.2) is 54.6 Å². The van der Waals surface area contributed by atoms with Crippen LogP contribution in [0, 0.1) is 0 Å². The molecule has 2 unspecified atom stereocenters. The topological polar surface area (TPSA) is 108 Å². The number of aromatic nitrogens is 2. The highest BCUT2D eigenvalue weighted by atomic mass is 16.4. The van der Waals surface area contributed by atoms with Gasteiger partial charge in [-0.25, -0.2) is 4.98 Å². The number of piperidine rings is 2. The normalized spacial score (nSPS) is 26.3. The van der Waals surface area contributed by atoms with Gasteiger partial charge in [0.25, 0.3) is 5.56 Å². The number of hydrogen-bond acceptors (Lipinski definition) is 6. The third-order valence-electron chi connectivity index (χ3n) is 9.13. The van der Waals surface area contributed by atoms with E-state index in [0.717, 1.165) is 18.4 Å². The van der Waals surface area contributed by atoms with Gasteiger partial charge in [0, 0.05) is 30.6 Å². The van der Waals surface area contributed by atoms with E-state index < -0.39 is 5.97 Å². The van der Waals surface area contributed by atoms with Crippen LogP contribution in [0.5, 0.6) is 0 Å². The molecule has 1 aromatic heterocycles. The predicted octanol–water partition coefficient (Wildman–Crippen LogP) is 5.89. The molecule has 38 heavy (non-hydrogen) atoms. The quantitative estimate of drug-likeness (QED) is 0.278. The molecule has 3 fully saturated rings. The van der Waals surface area contributed by atoms with Gasteiger partial charge >= 0.3 is 5.97 Å². The third kappa shape index (κ3) is 5.80. The zero-order chi connectivity index (χ0) is 26.5. The molecule has 2 saturated heterocycles. The van der Waals surface area contributed by atoms with Gasteiger partial charge in [-0.05, 0) is 50.7 Å². The zero-order valence-corrected chi connectivity index (χ0v) is 22.4. The molecule has 8 nitrogen and oxygen atoms in total. The summed E-state index contributed by atoms with van der Waals surface area (Å²) in [6.45, 7) is 0. The molecule has 2 aromatic rings. The van der Waals surface area contributed by atoms with Gasteiger partial charge in [-0.3, -0.25) is 14.5 Å². The Morgan fingerprint density at radius 1 is 0.842 bits per heavy atom. The van der Waals surface area contributed by atoms with Gasteiger partial charge in [0.2, 0.25) is 0 Å². The minimum absolute atomic E-state index is 0.0380. The second kappa shape index (κ2) is 12.4. The average molecular weight is 523 g/mol. The van der Waals surface area contributed by atoms with Crippen molar-refractivity contribution in [2.45, 2.75) is 127 Å². The van der Waals surface area contributed by atoms with Crippen LogP contribution < -0.4 is 5.56 Å². The van der Waals surface area contributed by atoms with Gasteiger partial charge in [0.1, 0.15) is 5.71 Å². The molecule has 8 heteroatoms. The highest BCUT2D eigenvalue weighted by Crippen LogP contribution is 2.42. The van der Waals surface area contributed by atoms with Crippen molar-refractivity contribution in [2.24, 2.45) is 5.16 Å². The lowest BCUT2D eigenvalue weighted by molar-refractivity contribution is -0.136. The summed E-state index contributed by atoms with van der Waals surface area (Å²) >= 11 is 0. The van der Waals surface area contributed by atoms with E-state index in [2.05, 4.69) is 15.0 Å². The van der Waals surface area contributed by atoms with Crippen LogP contribution in [-0.2, 0) is 4.79 Å². The number of rotatable bonds is 6. The van der Waals surface area contributed by atoms with Crippen molar-refractivity contribution in [3.63, 3.8) is 0 Å². The maximum absolute atomic E-state index is 13.9. The number of oxime groups is 1. The van der Waals surface area contributed by atoms with Gasteiger partial charge in [-0.2, -0.15) is 0 Å². The summed E-state index contributed by atoms with van der Waals surface area (Å²) in [5.74, 6) is -1.01. The van der Waals surface area contributed by atoms with Gasteiger partial charge in [-0.15, -0.1) is 0 Å². The molecule has 3 aliphatic rings. The van der Waals surface area contributed by atoms with E-state index in [1.54, 1.807) is 0 Å². The SMILES string of the molecule is O=C(O)CC/C(=N/O)c1nc2ccccc2n(C2CC3CCCC(C2)N3C2CCCCCCCCC2)c1=O. The van der Waals surface area contributed by atoms with Crippen molar-refractivity contribution in [2.75, 3.05) is 0 Å². The molecular weight excluding hydrogens is 480 g/mol. The average Bonchev–Trinajstić information content (AvgIpc) is 2.91. The van der Waals surface area contributed by atoms with Crippen molar-refractivity contribution in [1.82, 2.24) is 14.5 Å². The standard InChI is InChI=1S/C30H42N4O4/c35-28(36)18-17-26(32-38)29-30(37)34(27-16-9-8-15-25(27)31-29)24-19-22-13-10-14-23(20-24)33(22)21-11-6-4-2-1-3-5-7-12-21/h8-9,15-16,21-24,38H,1-7,10-14,17-20H2,(H,35,36)/b32-26-. The number of aliphatic carboxylic acids is 1. The van der Waals surface area contributed by atoms with E-state index in [1.165, 1.54) is 77.0 Å². The number of fused-ring (bicyclic) bond motifs is 3. The molecule has 3 heterocycles. The second-order valence-electron chi connectivity index (χ2n) is 11.6. The molecule has 1 aromatic carbocycles. The summed E-state index contributed by atoms with van der Waals surface area (Å²) in [5, 5.41) is 22.1. The van der Waals surface area contributed by atoms with Crippen LogP contribution in [0.1, 0.15) is 114 Å². The summed E-state index contributed by atoms with van der Waals surface area (Å²) in [4.78, 5) is 32.5.